The molecule has 2 atom stereocenters. The standard InChI is InChI=1S/C15H29NO/c1-3-12-7-9-13(10-8-12)16-14-5-4-6-15(11-14)17-2/h12-16H,3-11H2,1-2H3. The maximum absolute atomic E-state index is 5.50. The molecule has 0 aromatic heterocycles. The molecular weight excluding hydrogens is 210 g/mol. The summed E-state index contributed by atoms with van der Waals surface area (Å²) in [6.07, 6.45) is 12.7. The first-order valence-electron chi connectivity index (χ1n) is 7.60. The first kappa shape index (κ1) is 13.4. The van der Waals surface area contributed by atoms with Crippen molar-refractivity contribution in [1.82, 2.24) is 5.32 Å². The lowest BCUT2D eigenvalue weighted by molar-refractivity contribution is 0.0553. The summed E-state index contributed by atoms with van der Waals surface area (Å²) in [5.41, 5.74) is 0. The van der Waals surface area contributed by atoms with E-state index in [1.807, 2.05) is 7.11 Å². The van der Waals surface area contributed by atoms with Crippen molar-refractivity contribution >= 4 is 0 Å². The van der Waals surface area contributed by atoms with E-state index in [0.717, 1.165) is 18.0 Å². The number of methoxy groups -OCH3 is 1. The molecule has 2 unspecified atom stereocenters. The fourth-order valence-corrected chi connectivity index (χ4v) is 3.58. The third kappa shape index (κ3) is 3.96. The topological polar surface area (TPSA) is 21.3 Å². The van der Waals surface area contributed by atoms with Gasteiger partial charge in [0.1, 0.15) is 0 Å². The normalized spacial score (nSPS) is 39.2. The van der Waals surface area contributed by atoms with Crippen molar-refractivity contribution in [3.8, 4) is 0 Å². The van der Waals surface area contributed by atoms with Crippen LogP contribution in [0.5, 0.6) is 0 Å². The maximum atomic E-state index is 5.50. The van der Waals surface area contributed by atoms with Gasteiger partial charge in [-0.25, -0.2) is 0 Å². The van der Waals surface area contributed by atoms with Crippen LogP contribution in [0.15, 0.2) is 0 Å². The predicted molar refractivity (Wildman–Crippen MR) is 72.2 cm³/mol. The minimum atomic E-state index is 0.508. The van der Waals surface area contributed by atoms with Gasteiger partial charge in [0, 0.05) is 19.2 Å². The van der Waals surface area contributed by atoms with Gasteiger partial charge in [0.05, 0.1) is 6.10 Å². The molecule has 17 heavy (non-hydrogen) atoms. The predicted octanol–water partition coefficient (Wildman–Crippen LogP) is 3.50. The lowest BCUT2D eigenvalue weighted by Gasteiger charge is -2.35. The highest BCUT2D eigenvalue weighted by Gasteiger charge is 2.26. The first-order chi connectivity index (χ1) is 8.31. The van der Waals surface area contributed by atoms with Gasteiger partial charge in [-0.1, -0.05) is 13.3 Å². The van der Waals surface area contributed by atoms with E-state index in [-0.39, 0.29) is 0 Å². The van der Waals surface area contributed by atoms with Crippen molar-refractivity contribution in [2.45, 2.75) is 82.9 Å². The fourth-order valence-electron chi connectivity index (χ4n) is 3.58. The number of nitrogens with one attached hydrogen (secondary N) is 1. The summed E-state index contributed by atoms with van der Waals surface area (Å²) in [4.78, 5) is 0. The maximum Gasteiger partial charge on any atom is 0.0586 e. The van der Waals surface area contributed by atoms with Gasteiger partial charge in [0.15, 0.2) is 0 Å². The third-order valence-corrected chi connectivity index (χ3v) is 4.85. The van der Waals surface area contributed by atoms with Crippen molar-refractivity contribution in [2.24, 2.45) is 5.92 Å². The molecule has 2 rings (SSSR count). The molecule has 0 aromatic carbocycles. The minimum absolute atomic E-state index is 0.508. The molecule has 0 aliphatic heterocycles. The summed E-state index contributed by atoms with van der Waals surface area (Å²) in [5.74, 6) is 1.01. The van der Waals surface area contributed by atoms with Crippen molar-refractivity contribution in [3.05, 3.63) is 0 Å². The largest absolute Gasteiger partial charge is 0.381 e. The van der Waals surface area contributed by atoms with Crippen LogP contribution in [-0.2, 0) is 4.74 Å². The lowest BCUT2D eigenvalue weighted by Crippen LogP contribution is -2.44. The first-order valence-corrected chi connectivity index (χ1v) is 7.60. The summed E-state index contributed by atoms with van der Waals surface area (Å²) >= 11 is 0. The van der Waals surface area contributed by atoms with E-state index in [1.165, 1.54) is 57.8 Å². The van der Waals surface area contributed by atoms with Crippen LogP contribution < -0.4 is 5.32 Å². The van der Waals surface area contributed by atoms with E-state index in [9.17, 15) is 0 Å². The van der Waals surface area contributed by atoms with Gasteiger partial charge >= 0.3 is 0 Å². The molecule has 100 valence electrons. The molecule has 0 spiro atoms. The lowest BCUT2D eigenvalue weighted by atomic mass is 9.83. The molecule has 2 aliphatic rings. The Morgan fingerprint density at radius 3 is 2.41 bits per heavy atom. The number of rotatable bonds is 4. The Kier molecular flexibility index (Phi) is 5.30. The summed E-state index contributed by atoms with van der Waals surface area (Å²) in [7, 11) is 1.86. The number of hydrogen-bond donors (Lipinski definition) is 1. The fraction of sp³-hybridized carbons (Fsp3) is 1.00. The molecule has 2 aliphatic carbocycles. The number of ether oxygens (including phenoxy) is 1. The Bertz CT molecular complexity index is 211. The van der Waals surface area contributed by atoms with Crippen LogP contribution in [0.3, 0.4) is 0 Å². The Morgan fingerprint density at radius 2 is 1.76 bits per heavy atom. The molecule has 2 saturated carbocycles. The minimum Gasteiger partial charge on any atom is -0.381 e. The highest BCUT2D eigenvalue weighted by molar-refractivity contribution is 4.84. The molecule has 1 N–H and O–H groups in total. The van der Waals surface area contributed by atoms with Gasteiger partial charge in [-0.2, -0.15) is 0 Å². The van der Waals surface area contributed by atoms with E-state index in [2.05, 4.69) is 12.2 Å². The number of hydrogen-bond acceptors (Lipinski definition) is 2. The van der Waals surface area contributed by atoms with E-state index < -0.39 is 0 Å². The van der Waals surface area contributed by atoms with Crippen LogP contribution in [0.4, 0.5) is 0 Å². The Morgan fingerprint density at radius 1 is 1.00 bits per heavy atom. The van der Waals surface area contributed by atoms with E-state index in [0.29, 0.717) is 6.10 Å². The van der Waals surface area contributed by atoms with Crippen LogP contribution in [0, 0.1) is 5.92 Å². The third-order valence-electron chi connectivity index (χ3n) is 4.85. The highest BCUT2D eigenvalue weighted by atomic mass is 16.5. The monoisotopic (exact) mass is 239 g/mol. The molecule has 0 bridgehead atoms. The molecule has 0 radical (unpaired) electrons. The summed E-state index contributed by atoms with van der Waals surface area (Å²) in [6.45, 7) is 2.34. The molecule has 0 heterocycles. The molecular formula is C15H29NO. The Labute approximate surface area is 107 Å². The summed E-state index contributed by atoms with van der Waals surface area (Å²) in [5, 5.41) is 3.89. The van der Waals surface area contributed by atoms with Crippen LogP contribution in [-0.4, -0.2) is 25.3 Å². The van der Waals surface area contributed by atoms with E-state index >= 15 is 0 Å². The zero-order valence-electron chi connectivity index (χ0n) is 11.6. The van der Waals surface area contributed by atoms with Gasteiger partial charge in [-0.05, 0) is 57.3 Å². The second kappa shape index (κ2) is 6.75. The van der Waals surface area contributed by atoms with Crippen molar-refractivity contribution in [2.75, 3.05) is 7.11 Å². The van der Waals surface area contributed by atoms with Crippen LogP contribution in [0.25, 0.3) is 0 Å². The summed E-state index contributed by atoms with van der Waals surface area (Å²) in [6, 6.07) is 1.51. The van der Waals surface area contributed by atoms with E-state index in [1.54, 1.807) is 0 Å². The average molecular weight is 239 g/mol. The van der Waals surface area contributed by atoms with Crippen molar-refractivity contribution in [3.63, 3.8) is 0 Å². The van der Waals surface area contributed by atoms with Gasteiger partial charge in [0.2, 0.25) is 0 Å². The van der Waals surface area contributed by atoms with Gasteiger partial charge < -0.3 is 10.1 Å². The molecule has 0 saturated heterocycles. The Hall–Kier alpha value is -0.0800. The SMILES string of the molecule is CCC1CCC(NC2CCCC(OC)C2)CC1. The average Bonchev–Trinajstić information content (AvgIpc) is 2.40. The van der Waals surface area contributed by atoms with Crippen molar-refractivity contribution < 1.29 is 4.74 Å². The smallest absolute Gasteiger partial charge is 0.0586 e. The second-order valence-corrected chi connectivity index (χ2v) is 6.01. The quantitative estimate of drug-likeness (QED) is 0.810. The molecule has 2 nitrogen and oxygen atoms in total. The second-order valence-electron chi connectivity index (χ2n) is 6.01. The zero-order valence-corrected chi connectivity index (χ0v) is 11.6. The molecule has 2 fully saturated rings. The van der Waals surface area contributed by atoms with Gasteiger partial charge in [-0.15, -0.1) is 0 Å². The highest BCUT2D eigenvalue weighted by Crippen LogP contribution is 2.28. The van der Waals surface area contributed by atoms with Gasteiger partial charge in [-0.3, -0.25) is 0 Å². The van der Waals surface area contributed by atoms with Crippen LogP contribution in [0.1, 0.15) is 64.7 Å². The van der Waals surface area contributed by atoms with Gasteiger partial charge in [0.25, 0.3) is 0 Å². The zero-order chi connectivity index (χ0) is 12.1. The van der Waals surface area contributed by atoms with Crippen molar-refractivity contribution in [1.29, 1.82) is 0 Å². The Balaban J connectivity index is 1.70. The van der Waals surface area contributed by atoms with Crippen LogP contribution in [0.2, 0.25) is 0 Å². The van der Waals surface area contributed by atoms with Crippen LogP contribution >= 0.6 is 0 Å². The molecule has 0 amide bonds. The molecule has 0 aromatic rings. The summed E-state index contributed by atoms with van der Waals surface area (Å²) < 4.78 is 5.50. The molecule has 2 heteroatoms. The van der Waals surface area contributed by atoms with E-state index in [4.69, 9.17) is 4.74 Å².